The van der Waals surface area contributed by atoms with Gasteiger partial charge in [0.15, 0.2) is 0 Å². The number of aryl methyl sites for hydroxylation is 1. The number of rotatable bonds is 5. The normalized spacial score (nSPS) is 21.8. The van der Waals surface area contributed by atoms with Gasteiger partial charge < -0.3 is 10.6 Å². The van der Waals surface area contributed by atoms with Crippen molar-refractivity contribution in [1.29, 1.82) is 0 Å². The quantitative estimate of drug-likeness (QED) is 0.822. The minimum absolute atomic E-state index is 0.269. The van der Waals surface area contributed by atoms with Gasteiger partial charge in [-0.15, -0.1) is 0 Å². The van der Waals surface area contributed by atoms with E-state index < -0.39 is 24.2 Å². The molecule has 1 saturated carbocycles. The monoisotopic (exact) mass is 383 g/mol. The summed E-state index contributed by atoms with van der Waals surface area (Å²) in [6.07, 6.45) is -1.15. The number of piperazine rings is 1. The van der Waals surface area contributed by atoms with Crippen LogP contribution in [0.15, 0.2) is 24.3 Å². The third kappa shape index (κ3) is 4.46. The van der Waals surface area contributed by atoms with Gasteiger partial charge in [0, 0.05) is 32.7 Å². The second-order valence-corrected chi connectivity index (χ2v) is 7.71. The predicted molar refractivity (Wildman–Crippen MR) is 98.6 cm³/mol. The molecule has 1 aromatic carbocycles. The van der Waals surface area contributed by atoms with Gasteiger partial charge in [0.25, 0.3) is 0 Å². The maximum absolute atomic E-state index is 13.6. The number of hydrogen-bond donors (Lipinski definition) is 2. The van der Waals surface area contributed by atoms with Crippen molar-refractivity contribution in [2.75, 3.05) is 32.7 Å². The first kappa shape index (κ1) is 20.1. The third-order valence-corrected chi connectivity index (χ3v) is 5.89. The Balaban J connectivity index is 1.75. The smallest absolute Gasteiger partial charge is 0.353 e. The highest BCUT2D eigenvalue weighted by Gasteiger charge is 2.46. The predicted octanol–water partition coefficient (Wildman–Crippen LogP) is 2.76. The summed E-state index contributed by atoms with van der Waals surface area (Å²) in [7, 11) is 0. The van der Waals surface area contributed by atoms with Gasteiger partial charge in [-0.05, 0) is 25.3 Å². The molecule has 1 unspecified atom stereocenters. The number of hydrogen-bond acceptors (Lipinski definition) is 3. The Bertz CT molecular complexity index is 650. The molecule has 0 aromatic heterocycles. The highest BCUT2D eigenvalue weighted by molar-refractivity contribution is 5.88. The van der Waals surface area contributed by atoms with Crippen molar-refractivity contribution < 1.29 is 18.0 Å². The highest BCUT2D eigenvalue weighted by atomic mass is 19.4. The second-order valence-electron chi connectivity index (χ2n) is 7.71. The fourth-order valence-corrected chi connectivity index (χ4v) is 4.37. The molecule has 150 valence electrons. The lowest BCUT2D eigenvalue weighted by Crippen LogP contribution is -2.58. The molecule has 2 aliphatic rings. The van der Waals surface area contributed by atoms with E-state index in [0.29, 0.717) is 39.0 Å². The molecule has 2 fully saturated rings. The number of amides is 1. The third-order valence-electron chi connectivity index (χ3n) is 5.89. The van der Waals surface area contributed by atoms with Crippen molar-refractivity contribution >= 4 is 5.91 Å². The van der Waals surface area contributed by atoms with Gasteiger partial charge in [-0.1, -0.05) is 42.7 Å². The maximum Gasteiger partial charge on any atom is 0.405 e. The Morgan fingerprint density at radius 3 is 2.52 bits per heavy atom. The molecule has 27 heavy (non-hydrogen) atoms. The summed E-state index contributed by atoms with van der Waals surface area (Å²) in [5.41, 5.74) is 1.27. The van der Waals surface area contributed by atoms with Gasteiger partial charge in [0.05, 0.1) is 5.41 Å². The summed E-state index contributed by atoms with van der Waals surface area (Å²) in [6, 6.07) is 6.16. The lowest BCUT2D eigenvalue weighted by atomic mass is 9.77. The van der Waals surface area contributed by atoms with Gasteiger partial charge >= 0.3 is 6.18 Å². The number of nitrogens with one attached hydrogen (secondary N) is 2. The summed E-state index contributed by atoms with van der Waals surface area (Å²) in [5.74, 6) is -0.269. The van der Waals surface area contributed by atoms with Crippen LogP contribution in [0.1, 0.15) is 36.8 Å². The topological polar surface area (TPSA) is 44.4 Å². The molecule has 4 nitrogen and oxygen atoms in total. The first-order chi connectivity index (χ1) is 12.8. The zero-order chi connectivity index (χ0) is 19.5. The van der Waals surface area contributed by atoms with Crippen molar-refractivity contribution in [3.8, 4) is 0 Å². The zero-order valence-corrected chi connectivity index (χ0v) is 15.7. The molecule has 2 N–H and O–H groups in total. The molecule has 1 amide bonds. The van der Waals surface area contributed by atoms with Crippen LogP contribution < -0.4 is 10.6 Å². The van der Waals surface area contributed by atoms with Crippen LogP contribution in [-0.2, 0) is 10.2 Å². The molecular weight excluding hydrogens is 355 g/mol. The number of nitrogens with zero attached hydrogens (tertiary/aromatic N) is 1. The van der Waals surface area contributed by atoms with E-state index in [9.17, 15) is 18.0 Å². The molecule has 1 atom stereocenters. The Kier molecular flexibility index (Phi) is 6.11. The van der Waals surface area contributed by atoms with Crippen LogP contribution in [0.4, 0.5) is 13.2 Å². The molecule has 0 spiro atoms. The van der Waals surface area contributed by atoms with E-state index in [4.69, 9.17) is 0 Å². The molecule has 1 aliphatic carbocycles. The fraction of sp³-hybridized carbons (Fsp3) is 0.650. The first-order valence-corrected chi connectivity index (χ1v) is 9.70. The number of carbonyl (C=O) groups excluding carboxylic acids is 1. The van der Waals surface area contributed by atoms with Crippen LogP contribution in [0.25, 0.3) is 0 Å². The Labute approximate surface area is 158 Å². The minimum atomic E-state index is -4.36. The minimum Gasteiger partial charge on any atom is -0.353 e. The van der Waals surface area contributed by atoms with E-state index in [-0.39, 0.29) is 5.91 Å². The van der Waals surface area contributed by atoms with E-state index in [2.05, 4.69) is 10.6 Å². The van der Waals surface area contributed by atoms with Crippen molar-refractivity contribution in [1.82, 2.24) is 15.5 Å². The molecule has 1 aliphatic heterocycles. The summed E-state index contributed by atoms with van der Waals surface area (Å²) < 4.78 is 40.8. The van der Waals surface area contributed by atoms with E-state index >= 15 is 0 Å². The van der Waals surface area contributed by atoms with E-state index in [1.165, 1.54) is 4.90 Å². The summed E-state index contributed by atoms with van der Waals surface area (Å²) in [5, 5.41) is 5.73. The maximum atomic E-state index is 13.6. The van der Waals surface area contributed by atoms with E-state index in [0.717, 1.165) is 24.0 Å². The summed E-state index contributed by atoms with van der Waals surface area (Å²) in [6.45, 7) is 3.32. The van der Waals surface area contributed by atoms with Gasteiger partial charge in [0.1, 0.15) is 6.04 Å². The molecular formula is C20H28F3N3O. The Hall–Kier alpha value is -1.60. The van der Waals surface area contributed by atoms with Crippen LogP contribution in [0.3, 0.4) is 0 Å². The van der Waals surface area contributed by atoms with Gasteiger partial charge in [-0.3, -0.25) is 9.69 Å². The van der Waals surface area contributed by atoms with E-state index in [1.54, 1.807) is 0 Å². The highest BCUT2D eigenvalue weighted by Crippen LogP contribution is 2.41. The molecule has 1 saturated heterocycles. The first-order valence-electron chi connectivity index (χ1n) is 9.70. The van der Waals surface area contributed by atoms with Crippen LogP contribution in [-0.4, -0.2) is 55.7 Å². The van der Waals surface area contributed by atoms with Crippen LogP contribution >= 0.6 is 0 Å². The van der Waals surface area contributed by atoms with Crippen LogP contribution in [0.2, 0.25) is 0 Å². The summed E-state index contributed by atoms with van der Waals surface area (Å²) in [4.78, 5) is 14.5. The standard InChI is InChI=1S/C20H28F3N3O/c1-15-5-4-6-16(13-15)19(7-2-3-8-19)18(27)25-14-17(20(21,22)23)26-11-9-24-10-12-26/h4-6,13,17,24H,2-3,7-12,14H2,1H3,(H,25,27). The Morgan fingerprint density at radius 2 is 1.93 bits per heavy atom. The van der Waals surface area contributed by atoms with Crippen LogP contribution in [0, 0.1) is 6.92 Å². The van der Waals surface area contributed by atoms with Gasteiger partial charge in [0.2, 0.25) is 5.91 Å². The number of carbonyl (C=O) groups is 1. The van der Waals surface area contributed by atoms with Crippen molar-refractivity contribution in [2.24, 2.45) is 0 Å². The Morgan fingerprint density at radius 1 is 1.26 bits per heavy atom. The zero-order valence-electron chi connectivity index (χ0n) is 15.7. The average Bonchev–Trinajstić information content (AvgIpc) is 3.13. The van der Waals surface area contributed by atoms with Gasteiger partial charge in [-0.25, -0.2) is 0 Å². The average molecular weight is 383 g/mol. The lowest BCUT2D eigenvalue weighted by molar-refractivity contribution is -0.184. The fourth-order valence-electron chi connectivity index (χ4n) is 4.37. The second kappa shape index (κ2) is 8.19. The molecule has 7 heteroatoms. The molecule has 0 radical (unpaired) electrons. The SMILES string of the molecule is Cc1cccc(C2(C(=O)NCC(N3CCNCC3)C(F)(F)F)CCCC2)c1. The number of alkyl halides is 3. The number of halogens is 3. The molecule has 0 bridgehead atoms. The largest absolute Gasteiger partial charge is 0.405 e. The number of benzene rings is 1. The van der Waals surface area contributed by atoms with Crippen molar-refractivity contribution in [2.45, 2.75) is 50.2 Å². The lowest BCUT2D eigenvalue weighted by Gasteiger charge is -2.37. The summed E-state index contributed by atoms with van der Waals surface area (Å²) >= 11 is 0. The van der Waals surface area contributed by atoms with Gasteiger partial charge in [-0.2, -0.15) is 13.2 Å². The molecule has 3 rings (SSSR count). The van der Waals surface area contributed by atoms with E-state index in [1.807, 2.05) is 31.2 Å². The van der Waals surface area contributed by atoms with Crippen LogP contribution in [0.5, 0.6) is 0 Å². The van der Waals surface area contributed by atoms with Crippen molar-refractivity contribution in [3.63, 3.8) is 0 Å². The molecule has 1 aromatic rings. The van der Waals surface area contributed by atoms with Crippen molar-refractivity contribution in [3.05, 3.63) is 35.4 Å². The molecule has 1 heterocycles.